The van der Waals surface area contributed by atoms with E-state index in [2.05, 4.69) is 10.1 Å². The first-order valence-electron chi connectivity index (χ1n) is 7.51. The Bertz CT molecular complexity index is 755. The molecule has 24 heavy (non-hydrogen) atoms. The maximum Gasteiger partial charge on any atom is 0.373 e. The molecular weight excluding hydrogens is 312 g/mol. The van der Waals surface area contributed by atoms with E-state index < -0.39 is 12.1 Å². The summed E-state index contributed by atoms with van der Waals surface area (Å²) < 4.78 is 15.9. The van der Waals surface area contributed by atoms with E-state index in [1.165, 1.54) is 7.11 Å². The van der Waals surface area contributed by atoms with Gasteiger partial charge < -0.3 is 24.1 Å². The molecule has 0 aliphatic carbocycles. The van der Waals surface area contributed by atoms with Gasteiger partial charge in [0.2, 0.25) is 5.76 Å². The second kappa shape index (κ2) is 6.66. The zero-order valence-electron chi connectivity index (χ0n) is 13.4. The molecule has 0 radical (unpaired) electrons. The summed E-state index contributed by atoms with van der Waals surface area (Å²) in [6.45, 7) is 0.788. The molecule has 7 nitrogen and oxygen atoms in total. The summed E-state index contributed by atoms with van der Waals surface area (Å²) in [5.41, 5.74) is 0.869. The van der Waals surface area contributed by atoms with E-state index in [0.717, 1.165) is 5.69 Å². The Morgan fingerprint density at radius 1 is 1.29 bits per heavy atom. The molecule has 0 bridgehead atoms. The van der Waals surface area contributed by atoms with E-state index in [4.69, 9.17) is 9.15 Å². The SMILES string of the molecule is CNC(=O)[C@@H]1CN(Cc2ccc(C(=O)OC)o2)c2ccccc2O1. The number of likely N-dealkylation sites (N-methyl/N-ethyl adjacent to an activating group) is 1. The number of amides is 1. The van der Waals surface area contributed by atoms with Gasteiger partial charge in [0.25, 0.3) is 5.91 Å². The Morgan fingerprint density at radius 3 is 2.83 bits per heavy atom. The first-order valence-corrected chi connectivity index (χ1v) is 7.51. The number of furan rings is 1. The fourth-order valence-electron chi connectivity index (χ4n) is 2.62. The normalized spacial score (nSPS) is 16.1. The molecule has 3 rings (SSSR count). The lowest BCUT2D eigenvalue weighted by Crippen LogP contribution is -2.47. The molecule has 1 aromatic carbocycles. The van der Waals surface area contributed by atoms with E-state index in [-0.39, 0.29) is 11.7 Å². The lowest BCUT2D eigenvalue weighted by molar-refractivity contribution is -0.127. The average Bonchev–Trinajstić information content (AvgIpc) is 3.08. The number of anilines is 1. The van der Waals surface area contributed by atoms with Gasteiger partial charge in [-0.05, 0) is 24.3 Å². The molecule has 126 valence electrons. The molecule has 1 amide bonds. The minimum Gasteiger partial charge on any atom is -0.477 e. The standard InChI is InChI=1S/C17H18N2O5/c1-18-16(20)15-10-19(12-5-3-4-6-13(12)24-15)9-11-7-8-14(23-11)17(21)22-2/h3-8,15H,9-10H2,1-2H3,(H,18,20)/t15-/m0/s1. The zero-order valence-corrected chi connectivity index (χ0v) is 13.4. The molecule has 7 heteroatoms. The predicted molar refractivity (Wildman–Crippen MR) is 86.0 cm³/mol. The summed E-state index contributed by atoms with van der Waals surface area (Å²) in [5, 5.41) is 2.60. The van der Waals surface area contributed by atoms with E-state index >= 15 is 0 Å². The van der Waals surface area contributed by atoms with Gasteiger partial charge in [-0.15, -0.1) is 0 Å². The third-order valence-electron chi connectivity index (χ3n) is 3.80. The first-order chi connectivity index (χ1) is 11.6. The van der Waals surface area contributed by atoms with E-state index in [1.54, 1.807) is 19.2 Å². The molecule has 1 aliphatic heterocycles. The second-order valence-electron chi connectivity index (χ2n) is 5.33. The predicted octanol–water partition coefficient (Wildman–Crippen LogP) is 1.58. The van der Waals surface area contributed by atoms with E-state index in [0.29, 0.717) is 24.6 Å². The summed E-state index contributed by atoms with van der Waals surface area (Å²) in [6.07, 6.45) is -0.611. The van der Waals surface area contributed by atoms with Crippen molar-refractivity contribution < 1.29 is 23.5 Å². The topological polar surface area (TPSA) is 81.0 Å². The number of carbonyl (C=O) groups is 2. The number of nitrogens with zero attached hydrogens (tertiary/aromatic N) is 1. The van der Waals surface area contributed by atoms with Crippen LogP contribution >= 0.6 is 0 Å². The van der Waals surface area contributed by atoms with Gasteiger partial charge in [-0.3, -0.25) is 4.79 Å². The van der Waals surface area contributed by atoms with Crippen LogP contribution in [0.25, 0.3) is 0 Å². The van der Waals surface area contributed by atoms with Crippen LogP contribution in [0.5, 0.6) is 5.75 Å². The lowest BCUT2D eigenvalue weighted by atomic mass is 10.1. The minimum atomic E-state index is -0.611. The number of methoxy groups -OCH3 is 1. The van der Waals surface area contributed by atoms with Crippen LogP contribution < -0.4 is 15.0 Å². The quantitative estimate of drug-likeness (QED) is 0.857. The third-order valence-corrected chi connectivity index (χ3v) is 3.80. The maximum atomic E-state index is 12.0. The second-order valence-corrected chi connectivity index (χ2v) is 5.33. The molecule has 1 aliphatic rings. The number of nitrogens with one attached hydrogen (secondary N) is 1. The van der Waals surface area contributed by atoms with Crippen LogP contribution in [0.2, 0.25) is 0 Å². The van der Waals surface area contributed by atoms with Gasteiger partial charge in [-0.25, -0.2) is 4.79 Å². The minimum absolute atomic E-state index is 0.150. The molecule has 0 unspecified atom stereocenters. The highest BCUT2D eigenvalue weighted by Gasteiger charge is 2.30. The summed E-state index contributed by atoms with van der Waals surface area (Å²) in [5.74, 6) is 0.674. The van der Waals surface area contributed by atoms with Crippen LogP contribution in [-0.4, -0.2) is 38.7 Å². The van der Waals surface area contributed by atoms with Crippen molar-refractivity contribution in [3.05, 3.63) is 47.9 Å². The number of esters is 1. The number of ether oxygens (including phenoxy) is 2. The fourth-order valence-corrected chi connectivity index (χ4v) is 2.62. The molecule has 1 atom stereocenters. The molecule has 2 aromatic rings. The Labute approximate surface area is 139 Å². The van der Waals surface area contributed by atoms with Crippen molar-refractivity contribution in [2.24, 2.45) is 0 Å². The summed E-state index contributed by atoms with van der Waals surface area (Å²) in [7, 11) is 2.88. The number of para-hydroxylation sites is 2. The van der Waals surface area contributed by atoms with E-state index in [1.807, 2.05) is 29.2 Å². The smallest absolute Gasteiger partial charge is 0.373 e. The summed E-state index contributed by atoms with van der Waals surface area (Å²) in [6, 6.07) is 10.8. The van der Waals surface area contributed by atoms with Crippen molar-refractivity contribution in [3.8, 4) is 5.75 Å². The summed E-state index contributed by atoms with van der Waals surface area (Å²) in [4.78, 5) is 25.4. The number of hydrogen-bond donors (Lipinski definition) is 1. The van der Waals surface area contributed by atoms with Gasteiger partial charge >= 0.3 is 5.97 Å². The third kappa shape index (κ3) is 3.05. The number of hydrogen-bond acceptors (Lipinski definition) is 6. The highest BCUT2D eigenvalue weighted by Crippen LogP contribution is 2.34. The van der Waals surface area contributed by atoms with Crippen LogP contribution in [0.3, 0.4) is 0 Å². The van der Waals surface area contributed by atoms with Crippen LogP contribution in [0, 0.1) is 0 Å². The van der Waals surface area contributed by atoms with E-state index in [9.17, 15) is 9.59 Å². The van der Waals surface area contributed by atoms with Crippen molar-refractivity contribution in [1.29, 1.82) is 0 Å². The van der Waals surface area contributed by atoms with Gasteiger partial charge in [-0.2, -0.15) is 0 Å². The van der Waals surface area contributed by atoms with Crippen molar-refractivity contribution >= 4 is 17.6 Å². The van der Waals surface area contributed by atoms with Gasteiger partial charge in [0.05, 0.1) is 25.9 Å². The summed E-state index contributed by atoms with van der Waals surface area (Å²) >= 11 is 0. The van der Waals surface area contributed by atoms with Gasteiger partial charge in [0.15, 0.2) is 6.10 Å². The Balaban J connectivity index is 1.84. The van der Waals surface area contributed by atoms with Gasteiger partial charge in [0.1, 0.15) is 11.5 Å². The number of fused-ring (bicyclic) bond motifs is 1. The monoisotopic (exact) mass is 330 g/mol. The molecule has 0 saturated carbocycles. The largest absolute Gasteiger partial charge is 0.477 e. The Morgan fingerprint density at radius 2 is 2.08 bits per heavy atom. The maximum absolute atomic E-state index is 12.0. The molecule has 0 spiro atoms. The van der Waals surface area contributed by atoms with Gasteiger partial charge in [-0.1, -0.05) is 12.1 Å². The molecule has 1 aromatic heterocycles. The first kappa shape index (κ1) is 15.9. The fraction of sp³-hybridized carbons (Fsp3) is 0.294. The van der Waals surface area contributed by atoms with Crippen molar-refractivity contribution in [2.45, 2.75) is 12.6 Å². The Kier molecular flexibility index (Phi) is 4.41. The molecule has 0 saturated heterocycles. The highest BCUT2D eigenvalue weighted by molar-refractivity contribution is 5.86. The number of carbonyl (C=O) groups excluding carboxylic acids is 2. The molecule has 0 fully saturated rings. The number of rotatable bonds is 4. The molecular formula is C17H18N2O5. The van der Waals surface area contributed by atoms with Crippen molar-refractivity contribution in [2.75, 3.05) is 25.6 Å². The van der Waals surface area contributed by atoms with Crippen LogP contribution in [0.4, 0.5) is 5.69 Å². The number of benzene rings is 1. The lowest BCUT2D eigenvalue weighted by Gasteiger charge is -2.34. The Hall–Kier alpha value is -2.96. The van der Waals surface area contributed by atoms with Crippen LogP contribution in [0.1, 0.15) is 16.3 Å². The molecule has 1 N–H and O–H groups in total. The van der Waals surface area contributed by atoms with Crippen LogP contribution in [-0.2, 0) is 16.1 Å². The zero-order chi connectivity index (χ0) is 17.1. The average molecular weight is 330 g/mol. The highest BCUT2D eigenvalue weighted by atomic mass is 16.5. The van der Waals surface area contributed by atoms with Crippen molar-refractivity contribution in [3.63, 3.8) is 0 Å². The van der Waals surface area contributed by atoms with Crippen LogP contribution in [0.15, 0.2) is 40.8 Å². The van der Waals surface area contributed by atoms with Gasteiger partial charge in [0, 0.05) is 7.05 Å². The molecule has 2 heterocycles. The van der Waals surface area contributed by atoms with Crippen molar-refractivity contribution in [1.82, 2.24) is 5.32 Å².